The summed E-state index contributed by atoms with van der Waals surface area (Å²) in [5.74, 6) is -1.86. The monoisotopic (exact) mass is 545 g/mol. The van der Waals surface area contributed by atoms with Gasteiger partial charge in [0, 0.05) is 15.7 Å². The fourth-order valence-electron chi connectivity index (χ4n) is 3.98. The Labute approximate surface area is 207 Å². The number of benzene rings is 3. The van der Waals surface area contributed by atoms with Gasteiger partial charge in [-0.25, -0.2) is 0 Å². The predicted molar refractivity (Wildman–Crippen MR) is 128 cm³/mol. The first-order valence-electron chi connectivity index (χ1n) is 10.4. The molecule has 0 bridgehead atoms. The summed E-state index contributed by atoms with van der Waals surface area (Å²) in [5, 5.41) is 11.2. The summed E-state index contributed by atoms with van der Waals surface area (Å²) in [6, 6.07) is 14.4. The van der Waals surface area contributed by atoms with Crippen LogP contribution in [0.1, 0.15) is 28.3 Å². The van der Waals surface area contributed by atoms with Gasteiger partial charge in [0.1, 0.15) is 11.5 Å². The second kappa shape index (κ2) is 9.22. The van der Waals surface area contributed by atoms with Crippen LogP contribution >= 0.6 is 15.9 Å². The van der Waals surface area contributed by atoms with Crippen LogP contribution in [-0.2, 0) is 15.8 Å². The van der Waals surface area contributed by atoms with Gasteiger partial charge in [-0.15, -0.1) is 0 Å². The molecule has 0 radical (unpaired) electrons. The van der Waals surface area contributed by atoms with Gasteiger partial charge in [0.15, 0.2) is 0 Å². The molecule has 3 aromatic rings. The van der Waals surface area contributed by atoms with Gasteiger partial charge in [0.25, 0.3) is 11.7 Å². The van der Waals surface area contributed by atoms with Gasteiger partial charge in [-0.1, -0.05) is 34.1 Å². The topological polar surface area (TPSA) is 66.8 Å². The van der Waals surface area contributed by atoms with Crippen LogP contribution in [0.4, 0.5) is 18.9 Å². The number of aryl methyl sites for hydroxylation is 1. The van der Waals surface area contributed by atoms with Crippen molar-refractivity contribution < 1.29 is 32.6 Å². The van der Waals surface area contributed by atoms with Crippen molar-refractivity contribution in [3.05, 3.63) is 99.0 Å². The molecule has 1 fully saturated rings. The minimum Gasteiger partial charge on any atom is -0.507 e. The number of methoxy groups -OCH3 is 1. The lowest BCUT2D eigenvalue weighted by atomic mass is 9.94. The summed E-state index contributed by atoms with van der Waals surface area (Å²) in [6.07, 6.45) is -4.56. The lowest BCUT2D eigenvalue weighted by Crippen LogP contribution is -2.29. The number of hydrogen-bond donors (Lipinski definition) is 1. The number of ether oxygens (including phenoxy) is 1. The second-order valence-corrected chi connectivity index (χ2v) is 8.81. The number of amides is 1. The van der Waals surface area contributed by atoms with E-state index in [1.165, 1.54) is 7.11 Å². The van der Waals surface area contributed by atoms with Gasteiger partial charge < -0.3 is 9.84 Å². The minimum absolute atomic E-state index is 0.0824. The second-order valence-electron chi connectivity index (χ2n) is 7.95. The molecule has 1 aliphatic heterocycles. The van der Waals surface area contributed by atoms with Crippen LogP contribution in [0.3, 0.4) is 0 Å². The summed E-state index contributed by atoms with van der Waals surface area (Å²) in [4.78, 5) is 27.4. The standard InChI is InChI=1S/C26H19BrF3NO4/c1-14-12-16(6-11-20(14)27)23(32)21-22(15-4-3-5-19(13-15)35-2)31(25(34)24(21)33)18-9-7-17(8-10-18)26(28,29)30/h3-13,22,32H,1-2H3/b23-21-. The van der Waals surface area contributed by atoms with Gasteiger partial charge in [0.05, 0.1) is 24.3 Å². The van der Waals surface area contributed by atoms with E-state index in [2.05, 4.69) is 15.9 Å². The van der Waals surface area contributed by atoms with Crippen molar-refractivity contribution in [2.24, 2.45) is 0 Å². The molecule has 35 heavy (non-hydrogen) atoms. The molecule has 4 rings (SSSR count). The highest BCUT2D eigenvalue weighted by Crippen LogP contribution is 2.43. The number of anilines is 1. The number of alkyl halides is 3. The zero-order valence-corrected chi connectivity index (χ0v) is 20.1. The van der Waals surface area contributed by atoms with Crippen LogP contribution in [0.2, 0.25) is 0 Å². The Bertz CT molecular complexity index is 1350. The number of Topliss-reactive ketones (excluding diaryl/α,β-unsaturated/α-hetero) is 1. The highest BCUT2D eigenvalue weighted by molar-refractivity contribution is 9.10. The molecule has 1 aliphatic rings. The van der Waals surface area contributed by atoms with Crippen LogP contribution < -0.4 is 9.64 Å². The SMILES string of the molecule is COc1cccc(C2/C(=C(/O)c3ccc(Br)c(C)c3)C(=O)C(=O)N2c2ccc(C(F)(F)F)cc2)c1. The first kappa shape index (κ1) is 24.5. The first-order valence-corrected chi connectivity index (χ1v) is 11.2. The van der Waals surface area contributed by atoms with E-state index in [0.717, 1.165) is 39.2 Å². The quantitative estimate of drug-likeness (QED) is 0.233. The molecule has 0 aliphatic carbocycles. The number of rotatable bonds is 4. The summed E-state index contributed by atoms with van der Waals surface area (Å²) in [5.41, 5.74) is 0.580. The van der Waals surface area contributed by atoms with E-state index < -0.39 is 29.5 Å². The van der Waals surface area contributed by atoms with Gasteiger partial charge in [-0.3, -0.25) is 14.5 Å². The number of aliphatic hydroxyl groups is 1. The van der Waals surface area contributed by atoms with Gasteiger partial charge in [-0.05, 0) is 66.6 Å². The van der Waals surface area contributed by atoms with Crippen molar-refractivity contribution in [1.82, 2.24) is 0 Å². The zero-order valence-electron chi connectivity index (χ0n) is 18.6. The largest absolute Gasteiger partial charge is 0.507 e. The Hall–Kier alpha value is -3.59. The molecule has 1 unspecified atom stereocenters. The molecule has 3 aromatic carbocycles. The average molecular weight is 546 g/mol. The maximum Gasteiger partial charge on any atom is 0.416 e. The minimum atomic E-state index is -4.56. The van der Waals surface area contributed by atoms with Crippen molar-refractivity contribution in [3.8, 4) is 5.75 Å². The normalized spacial score (nSPS) is 17.7. The lowest BCUT2D eigenvalue weighted by molar-refractivity contribution is -0.137. The molecule has 5 nitrogen and oxygen atoms in total. The molecule has 1 heterocycles. The van der Waals surface area contributed by atoms with Crippen molar-refractivity contribution in [1.29, 1.82) is 0 Å². The van der Waals surface area contributed by atoms with E-state index in [-0.39, 0.29) is 17.0 Å². The summed E-state index contributed by atoms with van der Waals surface area (Å²) < 4.78 is 45.3. The van der Waals surface area contributed by atoms with E-state index in [9.17, 15) is 27.9 Å². The molecule has 1 N–H and O–H groups in total. The maximum absolute atomic E-state index is 13.2. The Kier molecular flexibility index (Phi) is 6.46. The fourth-order valence-corrected chi connectivity index (χ4v) is 4.23. The van der Waals surface area contributed by atoms with Gasteiger partial charge >= 0.3 is 6.18 Å². The third-order valence-corrected chi connectivity index (χ3v) is 6.65. The van der Waals surface area contributed by atoms with Crippen LogP contribution in [0.5, 0.6) is 5.75 Å². The summed E-state index contributed by atoms with van der Waals surface area (Å²) >= 11 is 3.39. The molecular weight excluding hydrogens is 527 g/mol. The molecule has 180 valence electrons. The number of carbonyl (C=O) groups is 2. The van der Waals surface area contributed by atoms with Crippen molar-refractivity contribution in [3.63, 3.8) is 0 Å². The molecule has 9 heteroatoms. The maximum atomic E-state index is 13.2. The fraction of sp³-hybridized carbons (Fsp3) is 0.154. The Morgan fingerprint density at radius 1 is 1.03 bits per heavy atom. The first-order chi connectivity index (χ1) is 16.5. The third kappa shape index (κ3) is 4.55. The number of ketones is 1. The van der Waals surface area contributed by atoms with Crippen LogP contribution in [0.25, 0.3) is 5.76 Å². The Morgan fingerprint density at radius 3 is 2.31 bits per heavy atom. The predicted octanol–water partition coefficient (Wildman–Crippen LogP) is 6.41. The smallest absolute Gasteiger partial charge is 0.416 e. The van der Waals surface area contributed by atoms with E-state index in [1.54, 1.807) is 49.4 Å². The number of aliphatic hydroxyl groups excluding tert-OH is 1. The number of carbonyl (C=O) groups excluding carboxylic acids is 2. The number of hydrogen-bond acceptors (Lipinski definition) is 4. The van der Waals surface area contributed by atoms with Gasteiger partial charge in [0.2, 0.25) is 0 Å². The summed E-state index contributed by atoms with van der Waals surface area (Å²) in [7, 11) is 1.45. The van der Waals surface area contributed by atoms with Crippen molar-refractivity contribution in [2.75, 3.05) is 12.0 Å². The Morgan fingerprint density at radius 2 is 1.71 bits per heavy atom. The van der Waals surface area contributed by atoms with E-state index in [1.807, 2.05) is 0 Å². The van der Waals surface area contributed by atoms with Crippen molar-refractivity contribution >= 4 is 39.1 Å². The lowest BCUT2D eigenvalue weighted by Gasteiger charge is -2.26. The third-order valence-electron chi connectivity index (χ3n) is 5.76. The van der Waals surface area contributed by atoms with E-state index >= 15 is 0 Å². The number of halogens is 4. The molecule has 1 atom stereocenters. The van der Waals surface area contributed by atoms with Gasteiger partial charge in [-0.2, -0.15) is 13.2 Å². The highest BCUT2D eigenvalue weighted by Gasteiger charge is 2.47. The van der Waals surface area contributed by atoms with Crippen molar-refractivity contribution in [2.45, 2.75) is 19.1 Å². The van der Waals surface area contributed by atoms with E-state index in [4.69, 9.17) is 4.74 Å². The molecule has 1 saturated heterocycles. The molecule has 0 saturated carbocycles. The molecule has 0 aromatic heterocycles. The zero-order chi connectivity index (χ0) is 25.5. The summed E-state index contributed by atoms with van der Waals surface area (Å²) in [6.45, 7) is 1.81. The van der Waals surface area contributed by atoms with E-state index in [0.29, 0.717) is 16.9 Å². The van der Waals surface area contributed by atoms with Crippen LogP contribution in [0.15, 0.2) is 76.8 Å². The highest BCUT2D eigenvalue weighted by atomic mass is 79.9. The molecular formula is C26H19BrF3NO4. The average Bonchev–Trinajstić information content (AvgIpc) is 3.10. The van der Waals surface area contributed by atoms with Crippen LogP contribution in [-0.4, -0.2) is 23.9 Å². The Balaban J connectivity index is 1.93. The molecule has 0 spiro atoms. The van der Waals surface area contributed by atoms with Crippen LogP contribution in [0, 0.1) is 6.92 Å². The number of nitrogens with zero attached hydrogens (tertiary/aromatic N) is 1. The molecule has 1 amide bonds.